The topological polar surface area (TPSA) is 99.9 Å². The van der Waals surface area contributed by atoms with Crippen LogP contribution >= 0.6 is 0 Å². The first-order valence-corrected chi connectivity index (χ1v) is 7.41. The summed E-state index contributed by atoms with van der Waals surface area (Å²) < 4.78 is 32.8. The van der Waals surface area contributed by atoms with Crippen LogP contribution in [0.25, 0.3) is 0 Å². The van der Waals surface area contributed by atoms with Crippen LogP contribution in [0, 0.1) is 6.92 Å². The maximum absolute atomic E-state index is 11.9. The number of carbonyl (C=O) groups is 1. The summed E-state index contributed by atoms with van der Waals surface area (Å²) in [6, 6.07) is 1.34. The van der Waals surface area contributed by atoms with Gasteiger partial charge in [-0.3, -0.25) is 0 Å². The first kappa shape index (κ1) is 14.0. The number of hydrogen-bond acceptors (Lipinski definition) is 4. The van der Waals surface area contributed by atoms with Gasteiger partial charge >= 0.3 is 5.97 Å². The number of hydrogen-bond donors (Lipinski definition) is 2. The summed E-state index contributed by atoms with van der Waals surface area (Å²) in [7, 11) is -3.51. The Kier molecular flexibility index (Phi) is 3.93. The number of furan rings is 1. The van der Waals surface area contributed by atoms with E-state index in [1.54, 1.807) is 0 Å². The van der Waals surface area contributed by atoms with Gasteiger partial charge in [-0.15, -0.1) is 0 Å². The highest BCUT2D eigenvalue weighted by Gasteiger charge is 2.25. The molecule has 0 bridgehead atoms. The van der Waals surface area contributed by atoms with Gasteiger partial charge in [0.2, 0.25) is 0 Å². The van der Waals surface area contributed by atoms with Gasteiger partial charge in [0, 0.05) is 13.1 Å². The highest BCUT2D eigenvalue weighted by molar-refractivity contribution is 7.87. The number of nitrogens with one attached hydrogen (secondary N) is 1. The fraction of sp³-hybridized carbons (Fsp3) is 0.545. The molecule has 1 aromatic rings. The monoisotopic (exact) mass is 288 g/mol. The standard InChI is InChI=1S/C11H16N2O5S/c1-8-10(11(14)15)6-9(18-8)7-12-19(16,17)13-4-2-3-5-13/h6,12H,2-5,7H2,1H3,(H,14,15). The molecule has 0 aliphatic carbocycles. The zero-order valence-electron chi connectivity index (χ0n) is 10.5. The van der Waals surface area contributed by atoms with Crippen LogP contribution in [0.2, 0.25) is 0 Å². The Morgan fingerprint density at radius 2 is 2.11 bits per heavy atom. The van der Waals surface area contributed by atoms with Crippen molar-refractivity contribution in [1.82, 2.24) is 9.03 Å². The van der Waals surface area contributed by atoms with Crippen LogP contribution < -0.4 is 4.72 Å². The van der Waals surface area contributed by atoms with Crippen LogP contribution in [0.4, 0.5) is 0 Å². The lowest BCUT2D eigenvalue weighted by Crippen LogP contribution is -2.38. The minimum atomic E-state index is -3.51. The molecule has 7 nitrogen and oxygen atoms in total. The quantitative estimate of drug-likeness (QED) is 0.831. The summed E-state index contributed by atoms with van der Waals surface area (Å²) in [5.41, 5.74) is 0.0513. The lowest BCUT2D eigenvalue weighted by molar-refractivity contribution is 0.0695. The molecule has 0 radical (unpaired) electrons. The Labute approximate surface area is 111 Å². The van der Waals surface area contributed by atoms with Gasteiger partial charge in [0.15, 0.2) is 0 Å². The molecule has 2 heterocycles. The van der Waals surface area contributed by atoms with Gasteiger partial charge in [-0.1, -0.05) is 0 Å². The summed E-state index contributed by atoms with van der Waals surface area (Å²) in [6.07, 6.45) is 1.73. The van der Waals surface area contributed by atoms with Crippen molar-refractivity contribution < 1.29 is 22.7 Å². The number of aryl methyl sites for hydroxylation is 1. The lowest BCUT2D eigenvalue weighted by Gasteiger charge is -2.15. The Bertz CT molecular complexity index is 572. The van der Waals surface area contributed by atoms with Crippen molar-refractivity contribution in [1.29, 1.82) is 0 Å². The molecule has 0 spiro atoms. The molecule has 0 aromatic carbocycles. The van der Waals surface area contributed by atoms with E-state index < -0.39 is 16.2 Å². The molecule has 2 N–H and O–H groups in total. The van der Waals surface area contributed by atoms with Crippen molar-refractivity contribution in [3.05, 3.63) is 23.2 Å². The van der Waals surface area contributed by atoms with Gasteiger partial charge in [-0.05, 0) is 25.8 Å². The SMILES string of the molecule is Cc1oc(CNS(=O)(=O)N2CCCC2)cc1C(=O)O. The molecule has 8 heteroatoms. The van der Waals surface area contributed by atoms with Gasteiger partial charge in [-0.2, -0.15) is 17.4 Å². The number of rotatable bonds is 5. The van der Waals surface area contributed by atoms with E-state index in [1.807, 2.05) is 0 Å². The smallest absolute Gasteiger partial charge is 0.339 e. The molecule has 1 aliphatic rings. The zero-order chi connectivity index (χ0) is 14.0. The molecule has 1 aromatic heterocycles. The third kappa shape index (κ3) is 3.14. The second-order valence-corrected chi connectivity index (χ2v) is 6.18. The molecule has 1 fully saturated rings. The van der Waals surface area contributed by atoms with E-state index in [-0.39, 0.29) is 23.6 Å². The number of nitrogens with zero attached hydrogens (tertiary/aromatic N) is 1. The number of aromatic carboxylic acids is 1. The molecule has 0 atom stereocenters. The minimum Gasteiger partial charge on any atom is -0.478 e. The van der Waals surface area contributed by atoms with E-state index in [1.165, 1.54) is 17.3 Å². The van der Waals surface area contributed by atoms with Crippen molar-refractivity contribution in [2.45, 2.75) is 26.3 Å². The number of carboxylic acids is 1. The molecule has 2 rings (SSSR count). The van der Waals surface area contributed by atoms with E-state index in [9.17, 15) is 13.2 Å². The summed E-state index contributed by atoms with van der Waals surface area (Å²) in [4.78, 5) is 10.8. The fourth-order valence-corrected chi connectivity index (χ4v) is 3.27. The molecule has 1 saturated heterocycles. The second-order valence-electron chi connectivity index (χ2n) is 4.42. The molecule has 106 valence electrons. The third-order valence-corrected chi connectivity index (χ3v) is 4.59. The van der Waals surface area contributed by atoms with Crippen molar-refractivity contribution in [3.8, 4) is 0 Å². The normalized spacial score (nSPS) is 16.9. The predicted molar refractivity (Wildman–Crippen MR) is 67.0 cm³/mol. The molecular weight excluding hydrogens is 272 g/mol. The van der Waals surface area contributed by atoms with Gasteiger partial charge in [0.25, 0.3) is 10.2 Å². The Hall–Kier alpha value is -1.38. The van der Waals surface area contributed by atoms with Crippen LogP contribution in [-0.4, -0.2) is 36.9 Å². The van der Waals surface area contributed by atoms with Crippen molar-refractivity contribution in [2.75, 3.05) is 13.1 Å². The Morgan fingerprint density at radius 1 is 1.47 bits per heavy atom. The molecule has 0 unspecified atom stereocenters. The zero-order valence-corrected chi connectivity index (χ0v) is 11.4. The summed E-state index contributed by atoms with van der Waals surface area (Å²) in [6.45, 7) is 2.52. The van der Waals surface area contributed by atoms with Crippen LogP contribution in [0.1, 0.15) is 34.7 Å². The molecule has 1 aliphatic heterocycles. The van der Waals surface area contributed by atoms with Crippen molar-refractivity contribution in [3.63, 3.8) is 0 Å². The van der Waals surface area contributed by atoms with E-state index in [2.05, 4.69) is 4.72 Å². The van der Waals surface area contributed by atoms with Crippen molar-refractivity contribution >= 4 is 16.2 Å². The van der Waals surface area contributed by atoms with E-state index >= 15 is 0 Å². The average Bonchev–Trinajstić information content (AvgIpc) is 2.95. The van der Waals surface area contributed by atoms with E-state index in [4.69, 9.17) is 9.52 Å². The largest absolute Gasteiger partial charge is 0.478 e. The molecule has 0 saturated carbocycles. The third-order valence-electron chi connectivity index (χ3n) is 3.03. The molecule has 0 amide bonds. The van der Waals surface area contributed by atoms with Gasteiger partial charge in [0.1, 0.15) is 17.1 Å². The minimum absolute atomic E-state index is 0.0487. The lowest BCUT2D eigenvalue weighted by atomic mass is 10.2. The molecule has 19 heavy (non-hydrogen) atoms. The maximum Gasteiger partial charge on any atom is 0.339 e. The predicted octanol–water partition coefficient (Wildman–Crippen LogP) is 0.716. The number of carboxylic acid groups (broad SMARTS) is 1. The summed E-state index contributed by atoms with van der Waals surface area (Å²) >= 11 is 0. The van der Waals surface area contributed by atoms with E-state index in [0.29, 0.717) is 13.1 Å². The highest BCUT2D eigenvalue weighted by Crippen LogP contribution is 2.16. The Balaban J connectivity index is 2.02. The molecular formula is C11H16N2O5S. The van der Waals surface area contributed by atoms with Crippen LogP contribution in [-0.2, 0) is 16.8 Å². The first-order chi connectivity index (χ1) is 8.90. The first-order valence-electron chi connectivity index (χ1n) is 5.97. The summed E-state index contributed by atoms with van der Waals surface area (Å²) in [5, 5.41) is 8.87. The van der Waals surface area contributed by atoms with Crippen LogP contribution in [0.15, 0.2) is 10.5 Å². The van der Waals surface area contributed by atoms with Crippen LogP contribution in [0.5, 0.6) is 0 Å². The van der Waals surface area contributed by atoms with Gasteiger partial charge in [0.05, 0.1) is 6.54 Å². The Morgan fingerprint density at radius 3 is 2.63 bits per heavy atom. The fourth-order valence-electron chi connectivity index (χ4n) is 2.03. The van der Waals surface area contributed by atoms with Crippen LogP contribution in [0.3, 0.4) is 0 Å². The van der Waals surface area contributed by atoms with Gasteiger partial charge in [-0.25, -0.2) is 4.79 Å². The maximum atomic E-state index is 11.9. The van der Waals surface area contributed by atoms with Gasteiger partial charge < -0.3 is 9.52 Å². The second kappa shape index (κ2) is 5.32. The average molecular weight is 288 g/mol. The van der Waals surface area contributed by atoms with E-state index in [0.717, 1.165) is 12.8 Å². The summed E-state index contributed by atoms with van der Waals surface area (Å²) in [5.74, 6) is -0.532. The van der Waals surface area contributed by atoms with Crippen molar-refractivity contribution in [2.24, 2.45) is 0 Å². The highest BCUT2D eigenvalue weighted by atomic mass is 32.2.